The van der Waals surface area contributed by atoms with Crippen molar-refractivity contribution in [2.75, 3.05) is 36.5 Å². The number of rotatable bonds is 6. The summed E-state index contributed by atoms with van der Waals surface area (Å²) >= 11 is 0. The predicted molar refractivity (Wildman–Crippen MR) is 137 cm³/mol. The molecule has 1 aliphatic carbocycles. The molecule has 9 nitrogen and oxygen atoms in total. The number of aromatic nitrogens is 3. The van der Waals surface area contributed by atoms with E-state index in [1.165, 1.54) is 6.33 Å². The van der Waals surface area contributed by atoms with Crippen molar-refractivity contribution in [3.05, 3.63) is 71.2 Å². The quantitative estimate of drug-likeness (QED) is 0.407. The number of pyridine rings is 1. The maximum atomic E-state index is 12.6. The van der Waals surface area contributed by atoms with E-state index in [0.717, 1.165) is 31.5 Å². The number of likely N-dealkylation sites (tertiary alicyclic amines) is 1. The number of nitrogens with zero attached hydrogens (tertiary/aromatic N) is 4. The first-order valence-electron chi connectivity index (χ1n) is 11.9. The molecule has 2 unspecified atom stereocenters. The van der Waals surface area contributed by atoms with E-state index in [1.807, 2.05) is 19.1 Å². The lowest BCUT2D eigenvalue weighted by Gasteiger charge is -2.19. The number of anilines is 3. The number of nitrogens with one attached hydrogen (secondary N) is 3. The van der Waals surface area contributed by atoms with Gasteiger partial charge in [0, 0.05) is 36.5 Å². The summed E-state index contributed by atoms with van der Waals surface area (Å²) in [7, 11) is 2.18. The van der Waals surface area contributed by atoms with Crippen molar-refractivity contribution < 1.29 is 4.79 Å². The number of hydrogen-bond donors (Lipinski definition) is 4. The Balaban J connectivity index is 1.31. The summed E-state index contributed by atoms with van der Waals surface area (Å²) in [5, 5.41) is 15.2. The van der Waals surface area contributed by atoms with Crippen LogP contribution in [0.15, 0.2) is 48.9 Å². The second kappa shape index (κ2) is 9.42. The molecule has 0 spiro atoms. The van der Waals surface area contributed by atoms with Crippen LogP contribution in [-0.4, -0.2) is 57.6 Å². The molecule has 0 bridgehead atoms. The van der Waals surface area contributed by atoms with Gasteiger partial charge in [0.1, 0.15) is 23.8 Å². The molecular weight excluding hydrogens is 440 g/mol. The van der Waals surface area contributed by atoms with Crippen molar-refractivity contribution in [3.63, 3.8) is 0 Å². The fraction of sp³-hybridized carbons (Fsp3) is 0.346. The van der Waals surface area contributed by atoms with Crippen LogP contribution in [0.3, 0.4) is 0 Å². The van der Waals surface area contributed by atoms with Crippen LogP contribution in [0.2, 0.25) is 0 Å². The van der Waals surface area contributed by atoms with E-state index in [4.69, 9.17) is 11.1 Å². The minimum Gasteiger partial charge on any atom is -0.383 e. The van der Waals surface area contributed by atoms with Gasteiger partial charge in [0.15, 0.2) is 0 Å². The van der Waals surface area contributed by atoms with Gasteiger partial charge in [0.25, 0.3) is 5.91 Å². The van der Waals surface area contributed by atoms with Crippen LogP contribution in [-0.2, 0) is 0 Å². The summed E-state index contributed by atoms with van der Waals surface area (Å²) in [5.41, 5.74) is 9.04. The van der Waals surface area contributed by atoms with E-state index in [1.54, 1.807) is 30.5 Å². The van der Waals surface area contributed by atoms with Crippen molar-refractivity contribution in [2.24, 2.45) is 11.8 Å². The largest absolute Gasteiger partial charge is 0.383 e. The normalized spacial score (nSPS) is 21.5. The minimum atomic E-state index is -0.261. The fourth-order valence-electron chi connectivity index (χ4n) is 5.33. The van der Waals surface area contributed by atoms with Gasteiger partial charge in [-0.2, -0.15) is 0 Å². The van der Waals surface area contributed by atoms with Gasteiger partial charge < -0.3 is 21.3 Å². The highest BCUT2D eigenvalue weighted by molar-refractivity contribution is 6.16. The van der Waals surface area contributed by atoms with Crippen LogP contribution in [0.1, 0.15) is 39.9 Å². The number of fused-ring (bicyclic) bond motifs is 1. The molecule has 0 radical (unpaired) electrons. The molecule has 1 aliphatic heterocycles. The van der Waals surface area contributed by atoms with Gasteiger partial charge in [0.2, 0.25) is 0 Å². The number of benzene rings is 1. The lowest BCUT2D eigenvalue weighted by Crippen LogP contribution is -2.24. The van der Waals surface area contributed by atoms with E-state index < -0.39 is 0 Å². The van der Waals surface area contributed by atoms with Gasteiger partial charge in [-0.3, -0.25) is 10.2 Å². The van der Waals surface area contributed by atoms with Crippen LogP contribution in [0.25, 0.3) is 0 Å². The molecule has 2 fully saturated rings. The lowest BCUT2D eigenvalue weighted by atomic mass is 10.0. The van der Waals surface area contributed by atoms with E-state index >= 15 is 0 Å². The highest BCUT2D eigenvalue weighted by Crippen LogP contribution is 2.39. The molecule has 2 aliphatic rings. The Morgan fingerprint density at radius 2 is 1.74 bits per heavy atom. The second-order valence-electron chi connectivity index (χ2n) is 9.66. The molecule has 35 heavy (non-hydrogen) atoms. The highest BCUT2D eigenvalue weighted by Gasteiger charge is 2.40. The SMILES string of the molecule is Cc1ccnc(NC(=O)c2ccc(C(=N)c3c(N)ncnc3NC3CC4CN(C)CC4C3)cc2)c1. The van der Waals surface area contributed by atoms with E-state index in [9.17, 15) is 4.79 Å². The topological polar surface area (TPSA) is 133 Å². The van der Waals surface area contributed by atoms with Crippen molar-refractivity contribution in [2.45, 2.75) is 25.8 Å². The number of hydrogen-bond acceptors (Lipinski definition) is 8. The number of aryl methyl sites for hydroxylation is 1. The Labute approximate surface area is 204 Å². The molecule has 1 saturated carbocycles. The van der Waals surface area contributed by atoms with Gasteiger partial charge >= 0.3 is 0 Å². The third kappa shape index (κ3) is 4.85. The Hall–Kier alpha value is -3.85. The van der Waals surface area contributed by atoms with Crippen molar-refractivity contribution >= 4 is 29.1 Å². The predicted octanol–water partition coefficient (Wildman–Crippen LogP) is 3.18. The lowest BCUT2D eigenvalue weighted by molar-refractivity contribution is 0.102. The fourth-order valence-corrected chi connectivity index (χ4v) is 5.33. The van der Waals surface area contributed by atoms with Crippen LogP contribution >= 0.6 is 0 Å². The summed E-state index contributed by atoms with van der Waals surface area (Å²) in [6, 6.07) is 10.9. The van der Waals surface area contributed by atoms with Gasteiger partial charge in [-0.1, -0.05) is 12.1 Å². The molecule has 3 heterocycles. The van der Waals surface area contributed by atoms with E-state index in [-0.39, 0.29) is 17.4 Å². The van der Waals surface area contributed by atoms with Crippen molar-refractivity contribution in [3.8, 4) is 0 Å². The van der Waals surface area contributed by atoms with Crippen LogP contribution in [0.5, 0.6) is 0 Å². The Bertz CT molecular complexity index is 1240. The standard InChI is InChI=1S/C26H30N8O/c1-15-7-8-29-21(9-15)33-26(35)17-5-3-16(4-6-17)23(27)22-24(28)30-14-31-25(22)32-20-10-18-12-34(2)13-19(18)11-20/h3-9,14,18-20,27H,10-13H2,1-2H3,(H,29,33,35)(H3,28,30,31,32). The third-order valence-corrected chi connectivity index (χ3v) is 6.99. The van der Waals surface area contributed by atoms with E-state index in [0.29, 0.717) is 46.2 Å². The van der Waals surface area contributed by atoms with Crippen molar-refractivity contribution in [1.82, 2.24) is 19.9 Å². The van der Waals surface area contributed by atoms with Gasteiger partial charge in [-0.25, -0.2) is 15.0 Å². The van der Waals surface area contributed by atoms with E-state index in [2.05, 4.69) is 37.5 Å². The maximum Gasteiger partial charge on any atom is 0.256 e. The Morgan fingerprint density at radius 1 is 1.06 bits per heavy atom. The average molecular weight is 471 g/mol. The van der Waals surface area contributed by atoms with Crippen LogP contribution < -0.4 is 16.4 Å². The molecule has 3 aromatic rings. The third-order valence-electron chi connectivity index (χ3n) is 6.99. The van der Waals surface area contributed by atoms with Gasteiger partial charge in [-0.15, -0.1) is 0 Å². The summed E-state index contributed by atoms with van der Waals surface area (Å²) in [5.74, 6) is 2.50. The minimum absolute atomic E-state index is 0.218. The highest BCUT2D eigenvalue weighted by atomic mass is 16.1. The summed E-state index contributed by atoms with van der Waals surface area (Å²) < 4.78 is 0. The number of nitrogen functional groups attached to an aromatic ring is 1. The maximum absolute atomic E-state index is 12.6. The smallest absolute Gasteiger partial charge is 0.256 e. The van der Waals surface area contributed by atoms with Gasteiger partial charge in [0.05, 0.1) is 11.3 Å². The number of carbonyl (C=O) groups is 1. The Morgan fingerprint density at radius 3 is 2.43 bits per heavy atom. The molecule has 9 heteroatoms. The molecule has 1 aromatic carbocycles. The average Bonchev–Trinajstić information content (AvgIpc) is 3.35. The number of amides is 1. The zero-order valence-corrected chi connectivity index (χ0v) is 20.0. The number of carbonyl (C=O) groups excluding carboxylic acids is 1. The first-order chi connectivity index (χ1) is 16.9. The molecule has 180 valence electrons. The number of nitrogens with two attached hydrogens (primary N) is 1. The molecule has 5 rings (SSSR count). The molecule has 1 saturated heterocycles. The van der Waals surface area contributed by atoms with Crippen LogP contribution in [0.4, 0.5) is 17.5 Å². The molecule has 2 atom stereocenters. The first-order valence-corrected chi connectivity index (χ1v) is 11.9. The summed E-state index contributed by atoms with van der Waals surface area (Å²) in [6.45, 7) is 4.21. The monoisotopic (exact) mass is 470 g/mol. The molecule has 5 N–H and O–H groups in total. The summed E-state index contributed by atoms with van der Waals surface area (Å²) in [4.78, 5) is 27.8. The molecule has 2 aromatic heterocycles. The second-order valence-corrected chi connectivity index (χ2v) is 9.66. The van der Waals surface area contributed by atoms with Crippen LogP contribution in [0, 0.1) is 24.2 Å². The zero-order valence-electron chi connectivity index (χ0n) is 20.0. The van der Waals surface area contributed by atoms with Gasteiger partial charge in [-0.05, 0) is 68.5 Å². The van der Waals surface area contributed by atoms with Crippen molar-refractivity contribution in [1.29, 1.82) is 5.41 Å². The first kappa shape index (κ1) is 22.9. The Kier molecular flexibility index (Phi) is 6.17. The molecule has 1 amide bonds. The summed E-state index contributed by atoms with van der Waals surface area (Å²) in [6.07, 6.45) is 5.27. The zero-order chi connectivity index (χ0) is 24.5. The molecular formula is C26H30N8O.